The molecule has 1 heterocycles. The van der Waals surface area contributed by atoms with Crippen LogP contribution in [-0.2, 0) is 6.42 Å². The standard InChI is InChI=1S/C18H21NO/c20-14-18(11-15-7-3-1-4-8-15)19-12-17(13-19)16-9-5-2-6-10-16/h1-10,17-18,20H,11-14H2/t18-/m0/s1. The van der Waals surface area contributed by atoms with E-state index in [1.54, 1.807) is 0 Å². The maximum absolute atomic E-state index is 9.64. The van der Waals surface area contributed by atoms with Crippen molar-refractivity contribution in [3.05, 3.63) is 71.8 Å². The van der Waals surface area contributed by atoms with Gasteiger partial charge in [0.25, 0.3) is 0 Å². The van der Waals surface area contributed by atoms with E-state index in [1.165, 1.54) is 11.1 Å². The molecule has 104 valence electrons. The number of benzene rings is 2. The van der Waals surface area contributed by atoms with Crippen LogP contribution in [0.4, 0.5) is 0 Å². The number of hydrogen-bond donors (Lipinski definition) is 1. The molecule has 20 heavy (non-hydrogen) atoms. The lowest BCUT2D eigenvalue weighted by atomic mass is 9.89. The van der Waals surface area contributed by atoms with Crippen LogP contribution in [0.25, 0.3) is 0 Å². The summed E-state index contributed by atoms with van der Waals surface area (Å²) in [6, 6.07) is 21.3. The summed E-state index contributed by atoms with van der Waals surface area (Å²) in [4.78, 5) is 2.39. The van der Waals surface area contributed by atoms with Crippen LogP contribution in [-0.4, -0.2) is 35.7 Å². The fourth-order valence-corrected chi connectivity index (χ4v) is 2.94. The van der Waals surface area contributed by atoms with Crippen LogP contribution in [0, 0.1) is 0 Å². The zero-order valence-corrected chi connectivity index (χ0v) is 11.7. The highest BCUT2D eigenvalue weighted by Crippen LogP contribution is 2.29. The highest BCUT2D eigenvalue weighted by molar-refractivity contribution is 5.23. The molecule has 1 atom stereocenters. The molecule has 1 fully saturated rings. The molecule has 1 aliphatic heterocycles. The molecule has 2 heteroatoms. The lowest BCUT2D eigenvalue weighted by Gasteiger charge is -2.44. The smallest absolute Gasteiger partial charge is 0.0590 e. The molecule has 1 saturated heterocycles. The van der Waals surface area contributed by atoms with Crippen molar-refractivity contribution in [1.29, 1.82) is 0 Å². The third-order valence-electron chi connectivity index (χ3n) is 4.22. The topological polar surface area (TPSA) is 23.5 Å². The van der Waals surface area contributed by atoms with Crippen LogP contribution < -0.4 is 0 Å². The maximum Gasteiger partial charge on any atom is 0.0590 e. The molecule has 0 aliphatic carbocycles. The zero-order valence-electron chi connectivity index (χ0n) is 11.7. The molecule has 0 spiro atoms. The van der Waals surface area contributed by atoms with Gasteiger partial charge in [-0.3, -0.25) is 4.90 Å². The minimum Gasteiger partial charge on any atom is -0.395 e. The minimum atomic E-state index is 0.233. The first-order valence-electron chi connectivity index (χ1n) is 7.30. The number of nitrogens with zero attached hydrogens (tertiary/aromatic N) is 1. The molecular formula is C18H21NO. The number of aliphatic hydroxyl groups is 1. The van der Waals surface area contributed by atoms with Gasteiger partial charge in [-0.2, -0.15) is 0 Å². The van der Waals surface area contributed by atoms with Gasteiger partial charge in [0.05, 0.1) is 6.61 Å². The summed E-state index contributed by atoms with van der Waals surface area (Å²) >= 11 is 0. The largest absolute Gasteiger partial charge is 0.395 e. The lowest BCUT2D eigenvalue weighted by Crippen LogP contribution is -2.52. The van der Waals surface area contributed by atoms with Crippen molar-refractivity contribution in [2.24, 2.45) is 0 Å². The summed E-state index contributed by atoms with van der Waals surface area (Å²) in [5.41, 5.74) is 2.72. The van der Waals surface area contributed by atoms with E-state index in [-0.39, 0.29) is 12.6 Å². The summed E-state index contributed by atoms with van der Waals surface area (Å²) in [5.74, 6) is 0.626. The van der Waals surface area contributed by atoms with Crippen LogP contribution in [0.2, 0.25) is 0 Å². The van der Waals surface area contributed by atoms with Crippen LogP contribution in [0.5, 0.6) is 0 Å². The Morgan fingerprint density at radius 3 is 2.15 bits per heavy atom. The van der Waals surface area contributed by atoms with Crippen molar-refractivity contribution in [2.45, 2.75) is 18.4 Å². The molecular weight excluding hydrogens is 246 g/mol. The summed E-state index contributed by atoms with van der Waals surface area (Å²) in [5, 5.41) is 9.64. The summed E-state index contributed by atoms with van der Waals surface area (Å²) < 4.78 is 0. The zero-order chi connectivity index (χ0) is 13.8. The molecule has 0 unspecified atom stereocenters. The van der Waals surface area contributed by atoms with Gasteiger partial charge in [0.15, 0.2) is 0 Å². The molecule has 0 aromatic heterocycles. The third-order valence-corrected chi connectivity index (χ3v) is 4.22. The van der Waals surface area contributed by atoms with Gasteiger partial charge < -0.3 is 5.11 Å². The maximum atomic E-state index is 9.64. The fourth-order valence-electron chi connectivity index (χ4n) is 2.94. The first-order valence-corrected chi connectivity index (χ1v) is 7.30. The Kier molecular flexibility index (Phi) is 4.14. The van der Waals surface area contributed by atoms with Crippen LogP contribution in [0.15, 0.2) is 60.7 Å². The Balaban J connectivity index is 1.57. The quantitative estimate of drug-likeness (QED) is 0.900. The summed E-state index contributed by atoms with van der Waals surface area (Å²) in [7, 11) is 0. The number of hydrogen-bond acceptors (Lipinski definition) is 2. The number of aliphatic hydroxyl groups excluding tert-OH is 1. The molecule has 2 aromatic carbocycles. The van der Waals surface area contributed by atoms with E-state index in [0.29, 0.717) is 5.92 Å². The second kappa shape index (κ2) is 6.21. The van der Waals surface area contributed by atoms with E-state index < -0.39 is 0 Å². The Morgan fingerprint density at radius 1 is 0.950 bits per heavy atom. The molecule has 2 nitrogen and oxygen atoms in total. The predicted octanol–water partition coefficient (Wildman–Crippen LogP) is 2.69. The molecule has 3 rings (SSSR count). The summed E-state index contributed by atoms with van der Waals surface area (Å²) in [6.45, 7) is 2.35. The van der Waals surface area contributed by atoms with Crippen molar-refractivity contribution in [3.8, 4) is 0 Å². The van der Waals surface area contributed by atoms with Crippen molar-refractivity contribution in [2.75, 3.05) is 19.7 Å². The van der Waals surface area contributed by atoms with E-state index in [9.17, 15) is 5.11 Å². The molecule has 0 radical (unpaired) electrons. The van der Waals surface area contributed by atoms with Crippen LogP contribution in [0.1, 0.15) is 17.0 Å². The molecule has 1 N–H and O–H groups in total. The molecule has 0 saturated carbocycles. The molecule has 0 amide bonds. The van der Waals surface area contributed by atoms with Gasteiger partial charge in [-0.15, -0.1) is 0 Å². The van der Waals surface area contributed by atoms with Crippen LogP contribution >= 0.6 is 0 Å². The fraction of sp³-hybridized carbons (Fsp3) is 0.333. The van der Waals surface area contributed by atoms with Gasteiger partial charge in [0.2, 0.25) is 0 Å². The Bertz CT molecular complexity index is 520. The van der Waals surface area contributed by atoms with Gasteiger partial charge >= 0.3 is 0 Å². The minimum absolute atomic E-state index is 0.233. The first-order chi connectivity index (χ1) is 9.86. The third kappa shape index (κ3) is 2.92. The molecule has 1 aliphatic rings. The number of likely N-dealkylation sites (tertiary alicyclic amines) is 1. The van der Waals surface area contributed by atoms with Crippen molar-refractivity contribution >= 4 is 0 Å². The number of rotatable bonds is 5. The highest BCUT2D eigenvalue weighted by atomic mass is 16.3. The first kappa shape index (κ1) is 13.3. The lowest BCUT2D eigenvalue weighted by molar-refractivity contribution is 0.0534. The average molecular weight is 267 g/mol. The van der Waals surface area contributed by atoms with Crippen molar-refractivity contribution in [1.82, 2.24) is 4.90 Å². The normalized spacial score (nSPS) is 17.6. The van der Waals surface area contributed by atoms with E-state index in [4.69, 9.17) is 0 Å². The van der Waals surface area contributed by atoms with E-state index in [0.717, 1.165) is 19.5 Å². The molecule has 0 bridgehead atoms. The predicted molar refractivity (Wildman–Crippen MR) is 81.8 cm³/mol. The Morgan fingerprint density at radius 2 is 1.55 bits per heavy atom. The van der Waals surface area contributed by atoms with E-state index in [2.05, 4.69) is 59.5 Å². The van der Waals surface area contributed by atoms with Gasteiger partial charge in [0, 0.05) is 25.0 Å². The van der Waals surface area contributed by atoms with Gasteiger partial charge in [-0.25, -0.2) is 0 Å². The van der Waals surface area contributed by atoms with E-state index >= 15 is 0 Å². The Labute approximate surface area is 120 Å². The van der Waals surface area contributed by atoms with Crippen molar-refractivity contribution in [3.63, 3.8) is 0 Å². The average Bonchev–Trinajstić information content (AvgIpc) is 2.47. The second-order valence-electron chi connectivity index (χ2n) is 5.59. The summed E-state index contributed by atoms with van der Waals surface area (Å²) in [6.07, 6.45) is 0.929. The monoisotopic (exact) mass is 267 g/mol. The van der Waals surface area contributed by atoms with Gasteiger partial charge in [-0.1, -0.05) is 60.7 Å². The highest BCUT2D eigenvalue weighted by Gasteiger charge is 2.32. The van der Waals surface area contributed by atoms with Gasteiger partial charge in [-0.05, 0) is 17.5 Å². The van der Waals surface area contributed by atoms with Crippen molar-refractivity contribution < 1.29 is 5.11 Å². The Hall–Kier alpha value is -1.64. The van der Waals surface area contributed by atoms with E-state index in [1.807, 2.05) is 6.07 Å². The molecule has 2 aromatic rings. The SMILES string of the molecule is OC[C@H](Cc1ccccc1)N1CC(c2ccccc2)C1. The van der Waals surface area contributed by atoms with Crippen LogP contribution in [0.3, 0.4) is 0 Å². The second-order valence-corrected chi connectivity index (χ2v) is 5.59. The van der Waals surface area contributed by atoms with Gasteiger partial charge in [0.1, 0.15) is 0 Å².